The molecule has 2 heterocycles. The minimum absolute atomic E-state index is 0.0885. The van der Waals surface area contributed by atoms with E-state index in [0.29, 0.717) is 11.7 Å². The van der Waals surface area contributed by atoms with Crippen LogP contribution in [0.5, 0.6) is 0 Å². The molecule has 0 aliphatic rings. The van der Waals surface area contributed by atoms with E-state index < -0.39 is 0 Å². The maximum atomic E-state index is 12.8. The van der Waals surface area contributed by atoms with E-state index in [4.69, 9.17) is 0 Å². The average Bonchev–Trinajstić information content (AvgIpc) is 3.09. The Balaban J connectivity index is 1.90. The molecule has 0 radical (unpaired) electrons. The van der Waals surface area contributed by atoms with Gasteiger partial charge in [-0.15, -0.1) is 5.10 Å². The Morgan fingerprint density at radius 2 is 2.18 bits per heavy atom. The average molecular weight is 315 g/mol. The summed E-state index contributed by atoms with van der Waals surface area (Å²) in [5.41, 5.74) is 2.64. The first kappa shape index (κ1) is 14.8. The zero-order valence-electron chi connectivity index (χ0n) is 12.7. The number of hydrogen-bond acceptors (Lipinski definition) is 5. The van der Waals surface area contributed by atoms with Gasteiger partial charge in [0, 0.05) is 28.7 Å². The first-order valence-electron chi connectivity index (χ1n) is 7.16. The van der Waals surface area contributed by atoms with E-state index >= 15 is 0 Å². The number of rotatable bonds is 5. The third-order valence-corrected chi connectivity index (χ3v) is 4.66. The van der Waals surface area contributed by atoms with Gasteiger partial charge in [0.2, 0.25) is 5.16 Å². The van der Waals surface area contributed by atoms with Crippen molar-refractivity contribution in [2.45, 2.75) is 37.7 Å². The predicted octanol–water partition coefficient (Wildman–Crippen LogP) is 2.85. The Hall–Kier alpha value is -2.15. The van der Waals surface area contributed by atoms with Gasteiger partial charge in [-0.1, -0.05) is 30.0 Å². The highest BCUT2D eigenvalue weighted by atomic mass is 32.2. The van der Waals surface area contributed by atoms with Crippen molar-refractivity contribution in [2.24, 2.45) is 0 Å². The van der Waals surface area contributed by atoms with Crippen LogP contribution in [0.2, 0.25) is 0 Å². The summed E-state index contributed by atoms with van der Waals surface area (Å²) in [7, 11) is 0. The van der Waals surface area contributed by atoms with E-state index in [9.17, 15) is 4.79 Å². The summed E-state index contributed by atoms with van der Waals surface area (Å²) in [5.74, 6) is 0.0885. The van der Waals surface area contributed by atoms with Crippen molar-refractivity contribution >= 4 is 28.4 Å². The molecule has 3 aromatic rings. The minimum Gasteiger partial charge on any atom is -0.358 e. The molecule has 0 saturated heterocycles. The van der Waals surface area contributed by atoms with Gasteiger partial charge in [-0.05, 0) is 37.3 Å². The number of tetrazole rings is 1. The Morgan fingerprint density at radius 3 is 2.95 bits per heavy atom. The number of carbonyl (C=O) groups excluding carboxylic acids is 1. The highest BCUT2D eigenvalue weighted by Crippen LogP contribution is 2.28. The molecular weight excluding hydrogens is 298 g/mol. The number of fused-ring (bicyclic) bond motifs is 1. The molecule has 114 valence electrons. The Bertz CT molecular complexity index is 822. The van der Waals surface area contributed by atoms with E-state index in [0.717, 1.165) is 22.2 Å². The van der Waals surface area contributed by atoms with Crippen molar-refractivity contribution in [3.63, 3.8) is 0 Å². The van der Waals surface area contributed by atoms with Crippen molar-refractivity contribution in [1.82, 2.24) is 25.2 Å². The number of hydrogen-bond donors (Lipinski definition) is 1. The van der Waals surface area contributed by atoms with Crippen LogP contribution < -0.4 is 0 Å². The summed E-state index contributed by atoms with van der Waals surface area (Å²) in [6.45, 7) is 6.47. The highest BCUT2D eigenvalue weighted by Gasteiger charge is 2.24. The number of nitrogens with one attached hydrogen (secondary N) is 1. The van der Waals surface area contributed by atoms with Gasteiger partial charge >= 0.3 is 0 Å². The van der Waals surface area contributed by atoms with Gasteiger partial charge in [0.25, 0.3) is 0 Å². The second-order valence-corrected chi connectivity index (χ2v) is 6.38. The molecule has 3 rings (SSSR count). The largest absolute Gasteiger partial charge is 0.358 e. The van der Waals surface area contributed by atoms with Gasteiger partial charge in [-0.25, -0.2) is 4.68 Å². The van der Waals surface area contributed by atoms with Crippen molar-refractivity contribution in [2.75, 3.05) is 0 Å². The van der Waals surface area contributed by atoms with E-state index in [2.05, 4.69) is 20.5 Å². The molecule has 6 nitrogen and oxygen atoms in total. The molecule has 2 aromatic heterocycles. The summed E-state index contributed by atoms with van der Waals surface area (Å²) in [5, 5.41) is 12.9. The third-order valence-electron chi connectivity index (χ3n) is 3.59. The van der Waals surface area contributed by atoms with Gasteiger partial charge in [0.1, 0.15) is 0 Å². The molecule has 0 amide bonds. The second kappa shape index (κ2) is 5.92. The molecule has 0 spiro atoms. The summed E-state index contributed by atoms with van der Waals surface area (Å²) >= 11 is 1.39. The number of nitrogens with zero attached hydrogens (tertiary/aromatic N) is 4. The van der Waals surface area contributed by atoms with Crippen LogP contribution in [0.1, 0.15) is 29.9 Å². The van der Waals surface area contributed by atoms with E-state index in [1.54, 1.807) is 4.68 Å². The lowest BCUT2D eigenvalue weighted by atomic mass is 10.1. The number of thioether (sulfide) groups is 1. The van der Waals surface area contributed by atoms with E-state index in [1.165, 1.54) is 11.8 Å². The standard InChI is InChI=1S/C15H17N5OS/c1-4-20-15(17-18-19-20)22-10(3)14(21)13-9(2)16-12-8-6-5-7-11(12)13/h5-8,10,16H,4H2,1-3H3/t10-/m0/s1. The van der Waals surface area contributed by atoms with Crippen molar-refractivity contribution < 1.29 is 4.79 Å². The van der Waals surface area contributed by atoms with Crippen LogP contribution in [0.3, 0.4) is 0 Å². The Labute approximate surface area is 132 Å². The number of aromatic amines is 1. The number of para-hydroxylation sites is 1. The topological polar surface area (TPSA) is 76.5 Å². The van der Waals surface area contributed by atoms with Crippen LogP contribution >= 0.6 is 11.8 Å². The molecule has 0 unspecified atom stereocenters. The number of aryl methyl sites for hydroxylation is 2. The monoisotopic (exact) mass is 315 g/mol. The Kier molecular flexibility index (Phi) is 3.98. The van der Waals surface area contributed by atoms with Crippen LogP contribution in [0.4, 0.5) is 0 Å². The van der Waals surface area contributed by atoms with Crippen LogP contribution in [-0.4, -0.2) is 36.2 Å². The smallest absolute Gasteiger partial charge is 0.210 e. The second-order valence-electron chi connectivity index (χ2n) is 5.07. The molecule has 1 aromatic carbocycles. The molecule has 0 aliphatic heterocycles. The van der Waals surface area contributed by atoms with E-state index in [-0.39, 0.29) is 11.0 Å². The summed E-state index contributed by atoms with van der Waals surface area (Å²) in [4.78, 5) is 16.1. The van der Waals surface area contributed by atoms with Crippen molar-refractivity contribution in [3.8, 4) is 0 Å². The molecule has 22 heavy (non-hydrogen) atoms. The molecule has 1 N–H and O–H groups in total. The molecule has 0 saturated carbocycles. The number of H-pyrrole nitrogens is 1. The lowest BCUT2D eigenvalue weighted by Gasteiger charge is -2.09. The summed E-state index contributed by atoms with van der Waals surface area (Å²) in [6.07, 6.45) is 0. The Morgan fingerprint density at radius 1 is 1.41 bits per heavy atom. The summed E-state index contributed by atoms with van der Waals surface area (Å²) in [6, 6.07) is 7.86. The molecule has 0 fully saturated rings. The quantitative estimate of drug-likeness (QED) is 0.579. The number of benzene rings is 1. The first-order valence-corrected chi connectivity index (χ1v) is 8.04. The fourth-order valence-corrected chi connectivity index (χ4v) is 3.40. The zero-order valence-corrected chi connectivity index (χ0v) is 13.5. The molecular formula is C15H17N5OS. The van der Waals surface area contributed by atoms with Gasteiger partial charge in [-0.3, -0.25) is 4.79 Å². The van der Waals surface area contributed by atoms with Crippen LogP contribution in [0.15, 0.2) is 29.4 Å². The SMILES string of the molecule is CCn1nnnc1S[C@@H](C)C(=O)c1c(C)[nH]c2ccccc12. The lowest BCUT2D eigenvalue weighted by molar-refractivity contribution is 0.0995. The van der Waals surface area contributed by atoms with Crippen LogP contribution in [0.25, 0.3) is 10.9 Å². The van der Waals surface area contributed by atoms with Crippen LogP contribution in [0, 0.1) is 6.92 Å². The highest BCUT2D eigenvalue weighted by molar-refractivity contribution is 8.00. The predicted molar refractivity (Wildman–Crippen MR) is 86.2 cm³/mol. The molecule has 1 atom stereocenters. The molecule has 0 aliphatic carbocycles. The first-order chi connectivity index (χ1) is 10.6. The van der Waals surface area contributed by atoms with Crippen molar-refractivity contribution in [3.05, 3.63) is 35.5 Å². The van der Waals surface area contributed by atoms with E-state index in [1.807, 2.05) is 45.0 Å². The minimum atomic E-state index is -0.255. The normalized spacial score (nSPS) is 12.7. The number of Topliss-reactive ketones (excluding diaryl/α,β-unsaturated/α-hetero) is 1. The summed E-state index contributed by atoms with van der Waals surface area (Å²) < 4.78 is 1.69. The fourth-order valence-electron chi connectivity index (χ4n) is 2.49. The van der Waals surface area contributed by atoms with Gasteiger partial charge in [-0.2, -0.15) is 0 Å². The van der Waals surface area contributed by atoms with Crippen LogP contribution in [-0.2, 0) is 6.54 Å². The maximum absolute atomic E-state index is 12.8. The number of ketones is 1. The third kappa shape index (κ3) is 2.52. The lowest BCUT2D eigenvalue weighted by Crippen LogP contribution is -2.15. The van der Waals surface area contributed by atoms with Gasteiger partial charge < -0.3 is 4.98 Å². The maximum Gasteiger partial charge on any atom is 0.210 e. The van der Waals surface area contributed by atoms with Gasteiger partial charge in [0.15, 0.2) is 5.78 Å². The van der Waals surface area contributed by atoms with Gasteiger partial charge in [0.05, 0.1) is 5.25 Å². The number of aromatic nitrogens is 5. The van der Waals surface area contributed by atoms with Crippen molar-refractivity contribution in [1.29, 1.82) is 0 Å². The molecule has 0 bridgehead atoms. The number of carbonyl (C=O) groups is 1. The molecule has 7 heteroatoms. The fraction of sp³-hybridized carbons (Fsp3) is 0.333. The zero-order chi connectivity index (χ0) is 15.7.